The van der Waals surface area contributed by atoms with Gasteiger partial charge in [0.25, 0.3) is 5.89 Å². The van der Waals surface area contributed by atoms with Gasteiger partial charge in [-0.1, -0.05) is 5.16 Å². The summed E-state index contributed by atoms with van der Waals surface area (Å²) in [6, 6.07) is 0. The molecule has 108 valence electrons. The van der Waals surface area contributed by atoms with E-state index in [1.54, 1.807) is 0 Å². The van der Waals surface area contributed by atoms with Crippen LogP contribution < -0.4 is 5.73 Å². The van der Waals surface area contributed by atoms with Crippen molar-refractivity contribution in [2.24, 2.45) is 5.73 Å². The molecular weight excluding hydrogens is 246 g/mol. The van der Waals surface area contributed by atoms with Crippen LogP contribution in [0, 0.1) is 0 Å². The Labute approximate surface area is 113 Å². The van der Waals surface area contributed by atoms with Crippen molar-refractivity contribution in [1.29, 1.82) is 0 Å². The fourth-order valence-corrected chi connectivity index (χ4v) is 2.02. The molecule has 1 aliphatic heterocycles. The van der Waals surface area contributed by atoms with Crippen LogP contribution in [0.3, 0.4) is 0 Å². The molecule has 2 N–H and O–H groups in total. The molecular formula is C13H23N3O3. The van der Waals surface area contributed by atoms with Crippen molar-refractivity contribution in [1.82, 2.24) is 10.1 Å². The van der Waals surface area contributed by atoms with E-state index in [-0.39, 0.29) is 6.10 Å². The molecule has 0 radical (unpaired) electrons. The van der Waals surface area contributed by atoms with Crippen molar-refractivity contribution in [2.75, 3.05) is 13.2 Å². The molecule has 1 saturated heterocycles. The lowest BCUT2D eigenvalue weighted by atomic mass is 10.0. The minimum atomic E-state index is -0.763. The zero-order chi connectivity index (χ0) is 14.1. The maximum Gasteiger partial charge on any atom is 0.258 e. The Bertz CT molecular complexity index is 423. The lowest BCUT2D eigenvalue weighted by Gasteiger charge is -2.22. The molecule has 2 atom stereocenters. The van der Waals surface area contributed by atoms with Crippen molar-refractivity contribution in [3.63, 3.8) is 0 Å². The van der Waals surface area contributed by atoms with Crippen LogP contribution in [-0.2, 0) is 20.6 Å². The standard InChI is InChI=1S/C13H23N3O3/c1-9(2)17-8-12(3,14)10-15-11(19-16-10)13(4)6-5-7-18-13/h9H,5-8,14H2,1-4H3. The highest BCUT2D eigenvalue weighted by molar-refractivity contribution is 5.06. The molecule has 19 heavy (non-hydrogen) atoms. The van der Waals surface area contributed by atoms with Crippen LogP contribution in [0.4, 0.5) is 0 Å². The van der Waals surface area contributed by atoms with E-state index in [9.17, 15) is 0 Å². The van der Waals surface area contributed by atoms with Gasteiger partial charge in [-0.05, 0) is 40.5 Å². The summed E-state index contributed by atoms with van der Waals surface area (Å²) < 4.78 is 16.5. The van der Waals surface area contributed by atoms with Gasteiger partial charge in [-0.2, -0.15) is 4.98 Å². The van der Waals surface area contributed by atoms with Gasteiger partial charge in [0.15, 0.2) is 5.82 Å². The normalized spacial score (nSPS) is 26.8. The predicted octanol–water partition coefficient (Wildman–Crippen LogP) is 1.69. The smallest absolute Gasteiger partial charge is 0.258 e. The first kappa shape index (κ1) is 14.4. The highest BCUT2D eigenvalue weighted by atomic mass is 16.5. The summed E-state index contributed by atoms with van der Waals surface area (Å²) in [6.07, 6.45) is 2.01. The van der Waals surface area contributed by atoms with E-state index in [1.807, 2.05) is 27.7 Å². The summed E-state index contributed by atoms with van der Waals surface area (Å²) >= 11 is 0. The Kier molecular flexibility index (Phi) is 3.94. The molecule has 0 amide bonds. The quantitative estimate of drug-likeness (QED) is 0.875. The van der Waals surface area contributed by atoms with Crippen LogP contribution in [0.5, 0.6) is 0 Å². The third-order valence-electron chi connectivity index (χ3n) is 3.32. The summed E-state index contributed by atoms with van der Waals surface area (Å²) in [5.41, 5.74) is 4.96. The monoisotopic (exact) mass is 269 g/mol. The van der Waals surface area contributed by atoms with Gasteiger partial charge < -0.3 is 19.7 Å². The van der Waals surface area contributed by atoms with E-state index in [1.165, 1.54) is 0 Å². The lowest BCUT2D eigenvalue weighted by molar-refractivity contribution is -0.00937. The van der Waals surface area contributed by atoms with Crippen LogP contribution in [0.15, 0.2) is 4.52 Å². The topological polar surface area (TPSA) is 83.4 Å². The second-order valence-corrected chi connectivity index (χ2v) is 5.88. The van der Waals surface area contributed by atoms with Crippen LogP contribution in [0.2, 0.25) is 0 Å². The minimum Gasteiger partial charge on any atom is -0.376 e. The first-order chi connectivity index (χ1) is 8.83. The minimum absolute atomic E-state index is 0.116. The van der Waals surface area contributed by atoms with E-state index in [2.05, 4.69) is 10.1 Å². The van der Waals surface area contributed by atoms with Crippen LogP contribution >= 0.6 is 0 Å². The van der Waals surface area contributed by atoms with Crippen molar-refractivity contribution in [3.8, 4) is 0 Å². The summed E-state index contributed by atoms with van der Waals surface area (Å²) in [5.74, 6) is 0.959. The van der Waals surface area contributed by atoms with E-state index in [0.29, 0.717) is 18.3 Å². The van der Waals surface area contributed by atoms with E-state index in [0.717, 1.165) is 19.4 Å². The van der Waals surface area contributed by atoms with Gasteiger partial charge in [-0.25, -0.2) is 0 Å². The molecule has 1 aliphatic rings. The predicted molar refractivity (Wildman–Crippen MR) is 69.5 cm³/mol. The van der Waals surface area contributed by atoms with Gasteiger partial charge in [0, 0.05) is 6.61 Å². The zero-order valence-corrected chi connectivity index (χ0v) is 12.1. The maximum absolute atomic E-state index is 6.19. The third kappa shape index (κ3) is 3.13. The molecule has 0 saturated carbocycles. The molecule has 2 unspecified atom stereocenters. The first-order valence-electron chi connectivity index (χ1n) is 6.73. The number of nitrogens with two attached hydrogens (primary N) is 1. The second kappa shape index (κ2) is 5.19. The molecule has 1 fully saturated rings. The zero-order valence-electron chi connectivity index (χ0n) is 12.1. The molecule has 6 heteroatoms. The van der Waals surface area contributed by atoms with E-state index < -0.39 is 11.1 Å². The van der Waals surface area contributed by atoms with Gasteiger partial charge in [0.1, 0.15) is 11.1 Å². The molecule has 0 aliphatic carbocycles. The van der Waals surface area contributed by atoms with E-state index in [4.69, 9.17) is 19.7 Å². The van der Waals surface area contributed by atoms with Crippen molar-refractivity contribution in [3.05, 3.63) is 11.7 Å². The number of rotatable bonds is 5. The third-order valence-corrected chi connectivity index (χ3v) is 3.32. The van der Waals surface area contributed by atoms with Gasteiger partial charge in [0.2, 0.25) is 0 Å². The van der Waals surface area contributed by atoms with Crippen molar-refractivity contribution < 1.29 is 14.0 Å². The summed E-state index contributed by atoms with van der Waals surface area (Å²) in [4.78, 5) is 4.41. The van der Waals surface area contributed by atoms with Crippen molar-refractivity contribution in [2.45, 2.75) is 57.8 Å². The molecule has 2 heterocycles. The lowest BCUT2D eigenvalue weighted by Crippen LogP contribution is -2.40. The Hall–Kier alpha value is -0.980. The molecule has 0 spiro atoms. The number of hydrogen-bond acceptors (Lipinski definition) is 6. The number of nitrogens with zero attached hydrogens (tertiary/aromatic N) is 2. The van der Waals surface area contributed by atoms with Crippen molar-refractivity contribution >= 4 is 0 Å². The Balaban J connectivity index is 2.11. The van der Waals surface area contributed by atoms with Crippen LogP contribution in [0.1, 0.15) is 52.3 Å². The van der Waals surface area contributed by atoms with E-state index >= 15 is 0 Å². The SMILES string of the molecule is CC(C)OCC(C)(N)c1noc(C2(C)CCCO2)n1. The average molecular weight is 269 g/mol. The van der Waals surface area contributed by atoms with Gasteiger partial charge in [0.05, 0.1) is 12.7 Å². The molecule has 2 rings (SSSR count). The first-order valence-corrected chi connectivity index (χ1v) is 6.73. The summed E-state index contributed by atoms with van der Waals surface area (Å²) in [5, 5.41) is 3.98. The molecule has 0 aromatic carbocycles. The van der Waals surface area contributed by atoms with Gasteiger partial charge in [-0.15, -0.1) is 0 Å². The Morgan fingerprint density at radius 2 is 2.26 bits per heavy atom. The fraction of sp³-hybridized carbons (Fsp3) is 0.846. The summed E-state index contributed by atoms with van der Waals surface area (Å²) in [6.45, 7) is 8.81. The number of ether oxygens (including phenoxy) is 2. The largest absolute Gasteiger partial charge is 0.376 e. The Morgan fingerprint density at radius 3 is 2.84 bits per heavy atom. The molecule has 1 aromatic rings. The number of aromatic nitrogens is 2. The molecule has 0 bridgehead atoms. The molecule has 6 nitrogen and oxygen atoms in total. The maximum atomic E-state index is 6.19. The Morgan fingerprint density at radius 1 is 1.53 bits per heavy atom. The van der Waals surface area contributed by atoms with Crippen LogP contribution in [0.25, 0.3) is 0 Å². The second-order valence-electron chi connectivity index (χ2n) is 5.88. The average Bonchev–Trinajstić information content (AvgIpc) is 2.95. The summed E-state index contributed by atoms with van der Waals surface area (Å²) in [7, 11) is 0. The number of hydrogen-bond donors (Lipinski definition) is 1. The fourth-order valence-electron chi connectivity index (χ4n) is 2.02. The van der Waals surface area contributed by atoms with Gasteiger partial charge >= 0.3 is 0 Å². The van der Waals surface area contributed by atoms with Gasteiger partial charge in [-0.3, -0.25) is 0 Å². The highest BCUT2D eigenvalue weighted by Gasteiger charge is 2.39. The molecule has 1 aromatic heterocycles. The van der Waals surface area contributed by atoms with Crippen LogP contribution in [-0.4, -0.2) is 29.5 Å². The highest BCUT2D eigenvalue weighted by Crippen LogP contribution is 2.35.